The minimum absolute atomic E-state index is 0.0490. The Balaban J connectivity index is 1.77. The maximum atomic E-state index is 13.5. The Labute approximate surface area is 237 Å². The van der Waals surface area contributed by atoms with Gasteiger partial charge in [0.05, 0.1) is 24.8 Å². The van der Waals surface area contributed by atoms with E-state index in [0.717, 1.165) is 30.7 Å². The van der Waals surface area contributed by atoms with Gasteiger partial charge in [-0.15, -0.1) is 0 Å². The molecule has 0 unspecified atom stereocenters. The molecule has 0 aliphatic carbocycles. The van der Waals surface area contributed by atoms with Crippen LogP contribution in [-0.2, 0) is 16.0 Å². The topological polar surface area (TPSA) is 88.5 Å². The lowest BCUT2D eigenvalue weighted by Crippen LogP contribution is -2.32. The van der Waals surface area contributed by atoms with E-state index in [1.54, 1.807) is 11.0 Å². The molecule has 4 rings (SSSR count). The first-order valence-corrected chi connectivity index (χ1v) is 14.2. The number of aliphatic hydroxyl groups is 1. The van der Waals surface area contributed by atoms with E-state index in [0.29, 0.717) is 54.7 Å². The zero-order chi connectivity index (χ0) is 29.0. The third-order valence-electron chi connectivity index (χ3n) is 7.25. The van der Waals surface area contributed by atoms with E-state index >= 15 is 0 Å². The molecule has 0 spiro atoms. The Hall–Kier alpha value is -3.52. The largest absolute Gasteiger partial charge is 0.507 e. The van der Waals surface area contributed by atoms with Crippen LogP contribution in [0.5, 0.6) is 17.2 Å². The van der Waals surface area contributed by atoms with Crippen LogP contribution in [0.4, 0.5) is 0 Å². The Morgan fingerprint density at radius 3 is 2.60 bits per heavy atom. The van der Waals surface area contributed by atoms with Gasteiger partial charge in [-0.2, -0.15) is 0 Å². The van der Waals surface area contributed by atoms with Gasteiger partial charge in [0.2, 0.25) is 0 Å². The summed E-state index contributed by atoms with van der Waals surface area (Å²) < 4.78 is 17.8. The number of fused-ring (bicyclic) bond motifs is 1. The predicted molar refractivity (Wildman–Crippen MR) is 155 cm³/mol. The maximum absolute atomic E-state index is 13.5. The minimum Gasteiger partial charge on any atom is -0.507 e. The molecule has 216 valence electrons. The highest BCUT2D eigenvalue weighted by Crippen LogP contribution is 2.43. The molecule has 8 nitrogen and oxygen atoms in total. The van der Waals surface area contributed by atoms with Crippen LogP contribution < -0.4 is 14.2 Å². The van der Waals surface area contributed by atoms with Crippen LogP contribution in [0.3, 0.4) is 0 Å². The van der Waals surface area contributed by atoms with E-state index in [4.69, 9.17) is 14.2 Å². The van der Waals surface area contributed by atoms with Crippen molar-refractivity contribution in [2.75, 3.05) is 40.4 Å². The molecule has 1 saturated heterocycles. The van der Waals surface area contributed by atoms with Crippen molar-refractivity contribution in [1.29, 1.82) is 0 Å². The van der Waals surface area contributed by atoms with Crippen molar-refractivity contribution in [3.63, 3.8) is 0 Å². The summed E-state index contributed by atoms with van der Waals surface area (Å²) in [5, 5.41) is 11.5. The van der Waals surface area contributed by atoms with Crippen molar-refractivity contribution in [3.8, 4) is 17.2 Å². The first kappa shape index (κ1) is 29.5. The van der Waals surface area contributed by atoms with Gasteiger partial charge < -0.3 is 29.1 Å². The smallest absolute Gasteiger partial charge is 0.295 e. The number of carbonyl (C=O) groups is 2. The Kier molecular flexibility index (Phi) is 9.40. The third kappa shape index (κ3) is 6.44. The molecule has 1 fully saturated rings. The molecule has 2 aromatic carbocycles. The first-order chi connectivity index (χ1) is 19.1. The van der Waals surface area contributed by atoms with Crippen LogP contribution in [0.15, 0.2) is 42.0 Å². The lowest BCUT2D eigenvalue weighted by molar-refractivity contribution is -0.139. The van der Waals surface area contributed by atoms with E-state index in [-0.39, 0.29) is 17.4 Å². The number of Topliss-reactive ketones (excluding diaryl/α,β-unsaturated/α-hetero) is 1. The molecule has 0 aromatic heterocycles. The van der Waals surface area contributed by atoms with Gasteiger partial charge in [-0.1, -0.05) is 19.9 Å². The Morgan fingerprint density at radius 2 is 1.90 bits per heavy atom. The van der Waals surface area contributed by atoms with Crippen molar-refractivity contribution in [2.45, 2.75) is 59.1 Å². The minimum atomic E-state index is -0.755. The van der Waals surface area contributed by atoms with Crippen LogP contribution in [0.1, 0.15) is 63.3 Å². The fraction of sp³-hybridized carbons (Fsp3) is 0.500. The molecule has 40 heavy (non-hydrogen) atoms. The van der Waals surface area contributed by atoms with Gasteiger partial charge in [-0.25, -0.2) is 0 Å². The second kappa shape index (κ2) is 12.8. The van der Waals surface area contributed by atoms with E-state index in [2.05, 4.69) is 13.8 Å². The maximum Gasteiger partial charge on any atom is 0.295 e. The SMILES string of the molecule is CCOc1cc([C@H]2C(=C(O)c3ccc4c(c3)C[C@@H](C)O4)C(=O)C(=O)N2CCCN(C)C)ccc1OCCC(C)C. The van der Waals surface area contributed by atoms with Gasteiger partial charge >= 0.3 is 0 Å². The molecular weight excluding hydrogens is 508 g/mol. The molecule has 2 heterocycles. The number of hydrogen-bond acceptors (Lipinski definition) is 7. The summed E-state index contributed by atoms with van der Waals surface area (Å²) in [5.41, 5.74) is 2.22. The highest BCUT2D eigenvalue weighted by Gasteiger charge is 2.46. The molecule has 0 radical (unpaired) electrons. The van der Waals surface area contributed by atoms with Crippen molar-refractivity contribution < 1.29 is 28.9 Å². The van der Waals surface area contributed by atoms with E-state index in [9.17, 15) is 14.7 Å². The number of likely N-dealkylation sites (tertiary alicyclic amines) is 1. The Bertz CT molecular complexity index is 1270. The number of hydrogen-bond donors (Lipinski definition) is 1. The van der Waals surface area contributed by atoms with Crippen LogP contribution >= 0.6 is 0 Å². The van der Waals surface area contributed by atoms with Crippen LogP contribution in [0.25, 0.3) is 5.76 Å². The summed E-state index contributed by atoms with van der Waals surface area (Å²) in [6, 6.07) is 10.2. The number of ether oxygens (including phenoxy) is 3. The zero-order valence-corrected chi connectivity index (χ0v) is 24.5. The highest BCUT2D eigenvalue weighted by atomic mass is 16.5. The van der Waals surface area contributed by atoms with Crippen molar-refractivity contribution in [1.82, 2.24) is 9.80 Å². The van der Waals surface area contributed by atoms with Crippen molar-refractivity contribution in [2.24, 2.45) is 5.92 Å². The van der Waals surface area contributed by atoms with E-state index in [1.165, 1.54) is 0 Å². The first-order valence-electron chi connectivity index (χ1n) is 14.2. The van der Waals surface area contributed by atoms with Crippen molar-refractivity contribution >= 4 is 17.4 Å². The van der Waals surface area contributed by atoms with Crippen molar-refractivity contribution in [3.05, 3.63) is 58.7 Å². The fourth-order valence-corrected chi connectivity index (χ4v) is 5.23. The zero-order valence-electron chi connectivity index (χ0n) is 24.5. The molecule has 2 aliphatic heterocycles. The molecular formula is C32H42N2O6. The number of aliphatic hydroxyl groups excluding tert-OH is 1. The molecule has 1 amide bonds. The summed E-state index contributed by atoms with van der Waals surface area (Å²) in [6.07, 6.45) is 2.35. The lowest BCUT2D eigenvalue weighted by Gasteiger charge is -2.26. The summed E-state index contributed by atoms with van der Waals surface area (Å²) in [4.78, 5) is 30.5. The standard InChI is InChI=1S/C32H42N2O6/c1-7-38-27-19-22(9-12-26(27)39-16-13-20(2)3)29-28(31(36)32(37)34(29)15-8-14-33(5)6)30(35)23-10-11-25-24(18-23)17-21(4)40-25/h9-12,18-21,29,35H,7-8,13-17H2,1-6H3/t21-,29+/m1/s1. The van der Waals surface area contributed by atoms with Crippen LogP contribution in [0, 0.1) is 5.92 Å². The second-order valence-corrected chi connectivity index (χ2v) is 11.3. The third-order valence-corrected chi connectivity index (χ3v) is 7.25. The molecule has 2 atom stereocenters. The Morgan fingerprint density at radius 1 is 1.12 bits per heavy atom. The summed E-state index contributed by atoms with van der Waals surface area (Å²) in [5.74, 6) is 0.960. The van der Waals surface area contributed by atoms with Gasteiger partial charge in [-0.05, 0) is 94.7 Å². The van der Waals surface area contributed by atoms with E-state index in [1.807, 2.05) is 63.2 Å². The van der Waals surface area contributed by atoms with Gasteiger partial charge in [0.25, 0.3) is 11.7 Å². The molecule has 2 aromatic rings. The summed E-state index contributed by atoms with van der Waals surface area (Å²) in [7, 11) is 3.94. The molecule has 1 N–H and O–H groups in total. The molecule has 2 aliphatic rings. The number of benzene rings is 2. The van der Waals surface area contributed by atoms with Crippen LogP contribution in [-0.4, -0.2) is 73.1 Å². The monoisotopic (exact) mass is 550 g/mol. The van der Waals surface area contributed by atoms with Gasteiger partial charge in [0.15, 0.2) is 11.5 Å². The number of rotatable bonds is 12. The number of amides is 1. The van der Waals surface area contributed by atoms with Gasteiger partial charge in [0.1, 0.15) is 17.6 Å². The number of nitrogens with zero attached hydrogens (tertiary/aromatic N) is 2. The second-order valence-electron chi connectivity index (χ2n) is 11.3. The summed E-state index contributed by atoms with van der Waals surface area (Å²) >= 11 is 0. The molecule has 0 bridgehead atoms. The molecule has 0 saturated carbocycles. The average Bonchev–Trinajstić information content (AvgIpc) is 3.39. The summed E-state index contributed by atoms with van der Waals surface area (Å²) in [6.45, 7) is 10.3. The van der Waals surface area contributed by atoms with Crippen LogP contribution in [0.2, 0.25) is 0 Å². The molecule has 8 heteroatoms. The number of ketones is 1. The van der Waals surface area contributed by atoms with Gasteiger partial charge in [0, 0.05) is 18.5 Å². The fourth-order valence-electron chi connectivity index (χ4n) is 5.23. The van der Waals surface area contributed by atoms with E-state index < -0.39 is 17.7 Å². The number of carbonyl (C=O) groups excluding carboxylic acids is 2. The average molecular weight is 551 g/mol. The normalized spacial score (nSPS) is 19.9. The quantitative estimate of drug-likeness (QED) is 0.221. The highest BCUT2D eigenvalue weighted by molar-refractivity contribution is 6.46. The van der Waals surface area contributed by atoms with Gasteiger partial charge in [-0.3, -0.25) is 9.59 Å². The lowest BCUT2D eigenvalue weighted by atomic mass is 9.94. The predicted octanol–water partition coefficient (Wildman–Crippen LogP) is 5.21.